The first-order chi connectivity index (χ1) is 7.79. The van der Waals surface area contributed by atoms with Crippen LogP contribution >= 0.6 is 11.8 Å². The molecule has 0 aromatic heterocycles. The van der Waals surface area contributed by atoms with Gasteiger partial charge < -0.3 is 10.1 Å². The molecule has 0 aromatic rings. The van der Waals surface area contributed by atoms with Crippen molar-refractivity contribution < 1.29 is 9.53 Å². The summed E-state index contributed by atoms with van der Waals surface area (Å²) >= 11 is 1.83. The molecule has 0 aromatic carbocycles. The Labute approximate surface area is 100 Å². The highest BCUT2D eigenvalue weighted by atomic mass is 32.2. The van der Waals surface area contributed by atoms with Gasteiger partial charge in [-0.3, -0.25) is 9.79 Å². The van der Waals surface area contributed by atoms with Gasteiger partial charge in [-0.1, -0.05) is 11.8 Å². The average molecular weight is 242 g/mol. The van der Waals surface area contributed by atoms with E-state index in [1.54, 1.807) is 0 Å². The Kier molecular flexibility index (Phi) is 4.09. The quantitative estimate of drug-likeness (QED) is 0.741. The Hall–Kier alpha value is -0.710. The molecule has 1 unspecified atom stereocenters. The molecule has 90 valence electrons. The van der Waals surface area contributed by atoms with Crippen LogP contribution in [0.5, 0.6) is 0 Å². The largest absolute Gasteiger partial charge is 0.466 e. The fourth-order valence-electron chi connectivity index (χ4n) is 1.71. The van der Waals surface area contributed by atoms with Gasteiger partial charge in [0.25, 0.3) is 0 Å². The summed E-state index contributed by atoms with van der Waals surface area (Å²) in [6.07, 6.45) is 3.15. The van der Waals surface area contributed by atoms with Gasteiger partial charge in [0.2, 0.25) is 0 Å². The Balaban J connectivity index is 1.58. The maximum atomic E-state index is 11.1. The van der Waals surface area contributed by atoms with E-state index in [0.717, 1.165) is 17.6 Å². The number of hydrogen-bond donors (Lipinski definition) is 1. The summed E-state index contributed by atoms with van der Waals surface area (Å²) in [5.74, 6) is 0.746. The van der Waals surface area contributed by atoms with Crippen molar-refractivity contribution in [3.8, 4) is 0 Å². The lowest BCUT2D eigenvalue weighted by Gasteiger charge is -2.07. The van der Waals surface area contributed by atoms with Crippen molar-refractivity contribution in [3.05, 3.63) is 0 Å². The highest BCUT2D eigenvalue weighted by Crippen LogP contribution is 2.41. The molecule has 0 radical (unpaired) electrons. The van der Waals surface area contributed by atoms with E-state index in [1.807, 2.05) is 18.7 Å². The first-order valence-corrected chi connectivity index (χ1v) is 6.78. The highest BCUT2D eigenvalue weighted by molar-refractivity contribution is 8.14. The van der Waals surface area contributed by atoms with E-state index in [-0.39, 0.29) is 5.97 Å². The number of esters is 1. The van der Waals surface area contributed by atoms with Gasteiger partial charge in [0.05, 0.1) is 19.6 Å². The van der Waals surface area contributed by atoms with E-state index < -0.39 is 0 Å². The second kappa shape index (κ2) is 5.57. The number of hydrogen-bond acceptors (Lipinski definition) is 5. The number of carbonyl (C=O) groups is 1. The van der Waals surface area contributed by atoms with Gasteiger partial charge in [-0.05, 0) is 25.7 Å². The smallest absolute Gasteiger partial charge is 0.307 e. The first-order valence-electron chi connectivity index (χ1n) is 5.90. The predicted octanol–water partition coefficient (Wildman–Crippen LogP) is 1.41. The molecular formula is C11H18N2O2S. The van der Waals surface area contributed by atoms with Crippen LogP contribution in [0.15, 0.2) is 4.99 Å². The molecule has 1 aliphatic carbocycles. The van der Waals surface area contributed by atoms with Gasteiger partial charge >= 0.3 is 5.97 Å². The van der Waals surface area contributed by atoms with E-state index in [0.29, 0.717) is 24.8 Å². The monoisotopic (exact) mass is 242 g/mol. The molecule has 5 heteroatoms. The lowest BCUT2D eigenvalue weighted by atomic mass is 10.3. The van der Waals surface area contributed by atoms with Crippen molar-refractivity contribution in [1.29, 1.82) is 0 Å². The lowest BCUT2D eigenvalue weighted by Crippen LogP contribution is -2.23. The number of rotatable bonds is 5. The average Bonchev–Trinajstić information content (AvgIpc) is 3.00. The molecular weight excluding hydrogens is 224 g/mol. The van der Waals surface area contributed by atoms with Crippen LogP contribution in [0.2, 0.25) is 0 Å². The molecule has 0 spiro atoms. The van der Waals surface area contributed by atoms with Crippen molar-refractivity contribution >= 4 is 22.9 Å². The number of amidine groups is 1. The minimum atomic E-state index is -0.141. The Morgan fingerprint density at radius 2 is 2.44 bits per heavy atom. The molecule has 4 nitrogen and oxygen atoms in total. The van der Waals surface area contributed by atoms with E-state index in [4.69, 9.17) is 4.74 Å². The van der Waals surface area contributed by atoms with Crippen molar-refractivity contribution in [1.82, 2.24) is 5.32 Å². The van der Waals surface area contributed by atoms with Crippen LogP contribution in [0.1, 0.15) is 26.2 Å². The molecule has 1 saturated carbocycles. The van der Waals surface area contributed by atoms with Crippen LogP contribution in [0, 0.1) is 5.92 Å². The van der Waals surface area contributed by atoms with Gasteiger partial charge in [-0.15, -0.1) is 0 Å². The van der Waals surface area contributed by atoms with Gasteiger partial charge in [0.15, 0.2) is 5.17 Å². The van der Waals surface area contributed by atoms with Crippen LogP contribution in [0.3, 0.4) is 0 Å². The lowest BCUT2D eigenvalue weighted by molar-refractivity contribution is -0.142. The van der Waals surface area contributed by atoms with Gasteiger partial charge in [-0.2, -0.15) is 0 Å². The van der Waals surface area contributed by atoms with Gasteiger partial charge in [-0.25, -0.2) is 0 Å². The highest BCUT2D eigenvalue weighted by Gasteiger charge is 2.35. The minimum absolute atomic E-state index is 0.141. The predicted molar refractivity (Wildman–Crippen MR) is 65.7 cm³/mol. The van der Waals surface area contributed by atoms with E-state index in [1.165, 1.54) is 12.8 Å². The summed E-state index contributed by atoms with van der Waals surface area (Å²) in [4.78, 5) is 15.5. The molecule has 1 aliphatic heterocycles. The summed E-state index contributed by atoms with van der Waals surface area (Å²) in [6, 6.07) is 0. The Morgan fingerprint density at radius 1 is 1.62 bits per heavy atom. The van der Waals surface area contributed by atoms with Crippen LogP contribution in [-0.4, -0.2) is 36.1 Å². The number of nitrogens with zero attached hydrogens (tertiary/aromatic N) is 1. The van der Waals surface area contributed by atoms with Crippen molar-refractivity contribution in [2.45, 2.75) is 31.4 Å². The molecule has 1 N–H and O–H groups in total. The molecule has 16 heavy (non-hydrogen) atoms. The summed E-state index contributed by atoms with van der Waals surface area (Å²) < 4.78 is 4.85. The summed E-state index contributed by atoms with van der Waals surface area (Å²) in [7, 11) is 0. The number of ether oxygens (including phenoxy) is 1. The Morgan fingerprint density at radius 3 is 3.12 bits per heavy atom. The number of aliphatic imine (C=N–C) groups is 1. The molecule has 1 fully saturated rings. The fraction of sp³-hybridized carbons (Fsp3) is 0.818. The zero-order valence-electron chi connectivity index (χ0n) is 9.57. The van der Waals surface area contributed by atoms with Gasteiger partial charge in [0.1, 0.15) is 0 Å². The maximum Gasteiger partial charge on any atom is 0.307 e. The third-order valence-electron chi connectivity index (χ3n) is 2.74. The minimum Gasteiger partial charge on any atom is -0.466 e. The molecule has 1 heterocycles. The van der Waals surface area contributed by atoms with Crippen LogP contribution in [-0.2, 0) is 9.53 Å². The zero-order valence-corrected chi connectivity index (χ0v) is 10.4. The third-order valence-corrected chi connectivity index (χ3v) is 4.07. The number of nitrogens with one attached hydrogen (secondary N) is 1. The summed E-state index contributed by atoms with van der Waals surface area (Å²) in [5.41, 5.74) is 0. The number of thioether (sulfide) groups is 1. The topological polar surface area (TPSA) is 50.7 Å². The second-order valence-electron chi connectivity index (χ2n) is 4.12. The second-order valence-corrected chi connectivity index (χ2v) is 5.35. The molecule has 1 atom stereocenters. The zero-order chi connectivity index (χ0) is 11.4. The van der Waals surface area contributed by atoms with E-state index >= 15 is 0 Å². The van der Waals surface area contributed by atoms with Crippen molar-refractivity contribution in [2.24, 2.45) is 10.9 Å². The SMILES string of the molecule is CCOC(=O)CCNC1=NCC(C2CC2)S1. The van der Waals surface area contributed by atoms with E-state index in [9.17, 15) is 4.79 Å². The van der Waals surface area contributed by atoms with Crippen LogP contribution in [0.25, 0.3) is 0 Å². The van der Waals surface area contributed by atoms with Gasteiger partial charge in [0, 0.05) is 11.8 Å². The fourth-order valence-corrected chi connectivity index (χ4v) is 2.94. The maximum absolute atomic E-state index is 11.1. The third kappa shape index (κ3) is 3.40. The van der Waals surface area contributed by atoms with E-state index in [2.05, 4.69) is 10.3 Å². The molecule has 2 aliphatic rings. The summed E-state index contributed by atoms with van der Waals surface area (Å²) in [5, 5.41) is 4.88. The molecule has 0 amide bonds. The van der Waals surface area contributed by atoms with Crippen LogP contribution < -0.4 is 5.32 Å². The van der Waals surface area contributed by atoms with Crippen molar-refractivity contribution in [2.75, 3.05) is 19.7 Å². The first kappa shape index (κ1) is 11.8. The van der Waals surface area contributed by atoms with Crippen molar-refractivity contribution in [3.63, 3.8) is 0 Å². The number of carbonyl (C=O) groups excluding carboxylic acids is 1. The molecule has 0 bridgehead atoms. The van der Waals surface area contributed by atoms with Crippen LogP contribution in [0.4, 0.5) is 0 Å². The normalized spacial score (nSPS) is 24.1. The Bertz CT molecular complexity index is 290. The molecule has 0 saturated heterocycles. The molecule has 2 rings (SSSR count). The standard InChI is InChI=1S/C11H18N2O2S/c1-2-15-10(14)5-6-12-11-13-7-9(16-11)8-3-4-8/h8-9H,2-7H2,1H3,(H,12,13). The summed E-state index contributed by atoms with van der Waals surface area (Å²) in [6.45, 7) is 3.85.